The number of rotatable bonds is 4. The molecule has 0 spiro atoms. The van der Waals surface area contributed by atoms with Crippen molar-refractivity contribution < 1.29 is 8.42 Å². The van der Waals surface area contributed by atoms with Gasteiger partial charge in [-0.15, -0.1) is 11.6 Å². The molecule has 0 N–H and O–H groups in total. The third-order valence-corrected chi connectivity index (χ3v) is 3.85. The summed E-state index contributed by atoms with van der Waals surface area (Å²) in [4.78, 5) is 0.439. The normalized spacial score (nSPS) is 11.2. The Kier molecular flexibility index (Phi) is 3.72. The molecule has 0 fully saturated rings. The van der Waals surface area contributed by atoms with Crippen LogP contribution in [0.5, 0.6) is 0 Å². The molecule has 0 aliphatic rings. The van der Waals surface area contributed by atoms with E-state index in [0.29, 0.717) is 6.42 Å². The first-order valence-electron chi connectivity index (χ1n) is 4.13. The van der Waals surface area contributed by atoms with E-state index in [1.54, 1.807) is 30.3 Å². The third kappa shape index (κ3) is 2.36. The van der Waals surface area contributed by atoms with Crippen LogP contribution in [-0.4, -0.2) is 14.3 Å². The highest BCUT2D eigenvalue weighted by atomic mass is 35.5. The van der Waals surface area contributed by atoms with E-state index in [-0.39, 0.29) is 15.7 Å². The molecule has 14 heavy (non-hydrogen) atoms. The highest BCUT2D eigenvalue weighted by Gasteiger charge is 2.17. The number of hydrogen-bond acceptors (Lipinski definition) is 2. The summed E-state index contributed by atoms with van der Waals surface area (Å²) >= 11 is 5.46. The molecule has 0 amide bonds. The van der Waals surface area contributed by atoms with Gasteiger partial charge in [-0.3, -0.25) is 0 Å². The molecule has 0 saturated heterocycles. The van der Waals surface area contributed by atoms with Gasteiger partial charge in [0.15, 0.2) is 0 Å². The zero-order valence-corrected chi connectivity index (χ0v) is 9.18. The van der Waals surface area contributed by atoms with Gasteiger partial charge in [-0.25, -0.2) is 8.42 Å². The smallest absolute Gasteiger partial charge is 0.202 e. The van der Waals surface area contributed by atoms with Crippen molar-refractivity contribution in [2.45, 2.75) is 11.3 Å². The SMILES string of the molecule is C=C(CCCl)S(=O)(=O)c1ccccc1. The standard InChI is InChI=1S/C10H11ClO2S/c1-9(7-8-11)14(12,13)10-5-3-2-4-6-10/h2-6H,1,7-8H2. The second-order valence-electron chi connectivity index (χ2n) is 2.79. The second-order valence-corrected chi connectivity index (χ2v) is 5.23. The fourth-order valence-electron chi connectivity index (χ4n) is 1.01. The van der Waals surface area contributed by atoms with Gasteiger partial charge in [-0.1, -0.05) is 24.8 Å². The van der Waals surface area contributed by atoms with Gasteiger partial charge in [-0.05, 0) is 18.6 Å². The van der Waals surface area contributed by atoms with Gasteiger partial charge in [0.25, 0.3) is 0 Å². The molecular weight excluding hydrogens is 220 g/mol. The Morgan fingerprint density at radius 2 is 1.86 bits per heavy atom. The number of allylic oxidation sites excluding steroid dienone is 1. The molecule has 1 aromatic carbocycles. The topological polar surface area (TPSA) is 34.1 Å². The van der Waals surface area contributed by atoms with Crippen LogP contribution in [0.1, 0.15) is 6.42 Å². The molecule has 1 aromatic rings. The van der Waals surface area contributed by atoms with Crippen molar-refractivity contribution in [3.63, 3.8) is 0 Å². The highest BCUT2D eigenvalue weighted by molar-refractivity contribution is 7.95. The van der Waals surface area contributed by atoms with Crippen LogP contribution in [0, 0.1) is 0 Å². The van der Waals surface area contributed by atoms with Gasteiger partial charge < -0.3 is 0 Å². The molecule has 4 heteroatoms. The average molecular weight is 231 g/mol. The molecule has 0 unspecified atom stereocenters. The van der Waals surface area contributed by atoms with Crippen LogP contribution >= 0.6 is 11.6 Å². The first kappa shape index (κ1) is 11.3. The minimum atomic E-state index is -3.38. The number of sulfone groups is 1. The van der Waals surface area contributed by atoms with Crippen molar-refractivity contribution >= 4 is 21.4 Å². The average Bonchev–Trinajstić information content (AvgIpc) is 2.19. The van der Waals surface area contributed by atoms with Gasteiger partial charge in [0.1, 0.15) is 0 Å². The molecule has 2 nitrogen and oxygen atoms in total. The fourth-order valence-corrected chi connectivity index (χ4v) is 2.57. The Balaban J connectivity index is 3.04. The minimum absolute atomic E-state index is 0.165. The van der Waals surface area contributed by atoms with Crippen LogP contribution in [0.3, 0.4) is 0 Å². The molecule has 0 atom stereocenters. The zero-order chi connectivity index (χ0) is 10.6. The van der Waals surface area contributed by atoms with Crippen LogP contribution < -0.4 is 0 Å². The molecule has 0 aromatic heterocycles. The van der Waals surface area contributed by atoms with Gasteiger partial charge in [0.2, 0.25) is 9.84 Å². The summed E-state index contributed by atoms with van der Waals surface area (Å²) in [6.07, 6.45) is 0.290. The van der Waals surface area contributed by atoms with Crippen molar-refractivity contribution in [2.75, 3.05) is 5.88 Å². The second kappa shape index (κ2) is 4.62. The third-order valence-electron chi connectivity index (χ3n) is 1.81. The van der Waals surface area contributed by atoms with Crippen molar-refractivity contribution in [1.82, 2.24) is 0 Å². The molecule has 1 rings (SSSR count). The van der Waals surface area contributed by atoms with Gasteiger partial charge in [0.05, 0.1) is 4.90 Å². The summed E-state index contributed by atoms with van der Waals surface area (Å²) < 4.78 is 23.5. The Bertz CT molecular complexity index is 409. The molecule has 0 heterocycles. The molecule has 0 saturated carbocycles. The molecular formula is C10H11ClO2S. The van der Waals surface area contributed by atoms with E-state index >= 15 is 0 Å². The predicted octanol–water partition coefficient (Wildman–Crippen LogP) is 2.60. The number of alkyl halides is 1. The molecule has 0 bridgehead atoms. The van der Waals surface area contributed by atoms with E-state index in [2.05, 4.69) is 6.58 Å². The maximum Gasteiger partial charge on any atom is 0.202 e. The van der Waals surface area contributed by atoms with Crippen molar-refractivity contribution in [1.29, 1.82) is 0 Å². The predicted molar refractivity (Wildman–Crippen MR) is 58.1 cm³/mol. The maximum absolute atomic E-state index is 11.8. The first-order chi connectivity index (χ1) is 6.59. The highest BCUT2D eigenvalue weighted by Crippen LogP contribution is 2.19. The van der Waals surface area contributed by atoms with E-state index in [9.17, 15) is 8.42 Å². The Hall–Kier alpha value is -0.800. The summed E-state index contributed by atoms with van der Waals surface area (Å²) in [5.74, 6) is 0.269. The van der Waals surface area contributed by atoms with Crippen LogP contribution in [0.4, 0.5) is 0 Å². The minimum Gasteiger partial charge on any atom is -0.219 e. The fraction of sp³-hybridized carbons (Fsp3) is 0.200. The largest absolute Gasteiger partial charge is 0.219 e. The Morgan fingerprint density at radius 1 is 1.29 bits per heavy atom. The maximum atomic E-state index is 11.8. The Morgan fingerprint density at radius 3 is 2.36 bits per heavy atom. The monoisotopic (exact) mass is 230 g/mol. The number of hydrogen-bond donors (Lipinski definition) is 0. The van der Waals surface area contributed by atoms with Crippen LogP contribution in [0.2, 0.25) is 0 Å². The summed E-state index contributed by atoms with van der Waals surface area (Å²) in [7, 11) is -3.38. The van der Waals surface area contributed by atoms with E-state index < -0.39 is 9.84 Å². The lowest BCUT2D eigenvalue weighted by Gasteiger charge is -2.05. The van der Waals surface area contributed by atoms with Crippen LogP contribution in [0.25, 0.3) is 0 Å². The van der Waals surface area contributed by atoms with E-state index in [1.165, 1.54) is 0 Å². The molecule has 76 valence electrons. The molecule has 0 aliphatic heterocycles. The number of benzene rings is 1. The lowest BCUT2D eigenvalue weighted by Crippen LogP contribution is -2.04. The summed E-state index contributed by atoms with van der Waals surface area (Å²) in [5, 5.41) is 0. The van der Waals surface area contributed by atoms with E-state index in [0.717, 1.165) is 0 Å². The van der Waals surface area contributed by atoms with Gasteiger partial charge in [0, 0.05) is 10.8 Å². The van der Waals surface area contributed by atoms with Crippen molar-refractivity contribution in [3.05, 3.63) is 41.8 Å². The van der Waals surface area contributed by atoms with Crippen molar-refractivity contribution in [3.8, 4) is 0 Å². The van der Waals surface area contributed by atoms with Gasteiger partial charge >= 0.3 is 0 Å². The summed E-state index contributed by atoms with van der Waals surface area (Å²) in [5.41, 5.74) is 0. The summed E-state index contributed by atoms with van der Waals surface area (Å²) in [6, 6.07) is 8.23. The van der Waals surface area contributed by atoms with E-state index in [1.807, 2.05) is 0 Å². The molecule has 0 aliphatic carbocycles. The van der Waals surface area contributed by atoms with Crippen LogP contribution in [0.15, 0.2) is 46.7 Å². The van der Waals surface area contributed by atoms with Gasteiger partial charge in [-0.2, -0.15) is 0 Å². The van der Waals surface area contributed by atoms with Crippen LogP contribution in [-0.2, 0) is 9.84 Å². The Labute approximate surface area is 89.1 Å². The molecule has 0 radical (unpaired) electrons. The van der Waals surface area contributed by atoms with E-state index in [4.69, 9.17) is 11.6 Å². The first-order valence-corrected chi connectivity index (χ1v) is 6.14. The summed E-state index contributed by atoms with van der Waals surface area (Å²) in [6.45, 7) is 3.52. The quantitative estimate of drug-likeness (QED) is 0.746. The lowest BCUT2D eigenvalue weighted by atomic mass is 10.4. The number of halogens is 1. The van der Waals surface area contributed by atoms with Crippen molar-refractivity contribution in [2.24, 2.45) is 0 Å². The zero-order valence-electron chi connectivity index (χ0n) is 7.61. The lowest BCUT2D eigenvalue weighted by molar-refractivity contribution is 0.601.